The summed E-state index contributed by atoms with van der Waals surface area (Å²) in [4.78, 5) is 13.9. The third kappa shape index (κ3) is 5.68. The van der Waals surface area contributed by atoms with Crippen molar-refractivity contribution < 1.29 is 4.79 Å². The molecule has 0 aliphatic carbocycles. The van der Waals surface area contributed by atoms with Crippen LogP contribution in [0.5, 0.6) is 0 Å². The van der Waals surface area contributed by atoms with Gasteiger partial charge in [0, 0.05) is 12.0 Å². The van der Waals surface area contributed by atoms with Crippen LogP contribution >= 0.6 is 0 Å². The zero-order chi connectivity index (χ0) is 25.8. The van der Waals surface area contributed by atoms with Crippen molar-refractivity contribution in [2.75, 3.05) is 0 Å². The topological polar surface area (TPSA) is 17.1 Å². The number of rotatable bonds is 8. The van der Waals surface area contributed by atoms with Crippen molar-refractivity contribution in [2.45, 2.75) is 65.7 Å². The Balaban J connectivity index is 1.82. The summed E-state index contributed by atoms with van der Waals surface area (Å²) in [7, 11) is 0. The number of hydrogen-bond acceptors (Lipinski definition) is 1. The molecule has 0 bridgehead atoms. The van der Waals surface area contributed by atoms with Crippen molar-refractivity contribution in [3.05, 3.63) is 119 Å². The molecule has 0 atom stereocenters. The maximum absolute atomic E-state index is 13.9. The van der Waals surface area contributed by atoms with E-state index in [2.05, 4.69) is 96.1 Å². The lowest BCUT2D eigenvalue weighted by molar-refractivity contribution is 0.0992. The number of benzene rings is 4. The summed E-state index contributed by atoms with van der Waals surface area (Å²) in [6, 6.07) is 31.7. The van der Waals surface area contributed by atoms with Crippen molar-refractivity contribution in [3.8, 4) is 22.3 Å². The number of Topliss-reactive ketones (excluding diaryl/α,β-unsaturated/α-hetero) is 1. The second-order valence-corrected chi connectivity index (χ2v) is 10.8. The van der Waals surface area contributed by atoms with E-state index in [-0.39, 0.29) is 5.78 Å². The molecule has 0 spiro atoms. The predicted molar refractivity (Wildman–Crippen MR) is 154 cm³/mol. The zero-order valence-corrected chi connectivity index (χ0v) is 22.5. The van der Waals surface area contributed by atoms with Crippen LogP contribution in [0.1, 0.15) is 91.9 Å². The van der Waals surface area contributed by atoms with Crippen LogP contribution < -0.4 is 0 Å². The Morgan fingerprint density at radius 3 is 1.39 bits per heavy atom. The van der Waals surface area contributed by atoms with Crippen LogP contribution in [-0.2, 0) is 6.42 Å². The molecule has 4 aromatic rings. The fourth-order valence-corrected chi connectivity index (χ4v) is 4.96. The molecule has 36 heavy (non-hydrogen) atoms. The van der Waals surface area contributed by atoms with E-state index in [1.807, 2.05) is 36.4 Å². The summed E-state index contributed by atoms with van der Waals surface area (Å²) in [5, 5.41) is 0. The van der Waals surface area contributed by atoms with E-state index in [4.69, 9.17) is 0 Å². The summed E-state index contributed by atoms with van der Waals surface area (Å²) in [6.45, 7) is 13.4. The van der Waals surface area contributed by atoms with Gasteiger partial charge in [-0.05, 0) is 80.5 Å². The van der Waals surface area contributed by atoms with E-state index >= 15 is 0 Å². The molecule has 4 aromatic carbocycles. The summed E-state index contributed by atoms with van der Waals surface area (Å²) in [6.07, 6.45) is 0.422. The lowest BCUT2D eigenvalue weighted by atomic mass is 9.82. The number of hydrogen-bond donors (Lipinski definition) is 0. The highest BCUT2D eigenvalue weighted by atomic mass is 16.1. The van der Waals surface area contributed by atoms with Gasteiger partial charge in [0.1, 0.15) is 0 Å². The van der Waals surface area contributed by atoms with Crippen molar-refractivity contribution in [1.82, 2.24) is 0 Å². The van der Waals surface area contributed by atoms with Gasteiger partial charge < -0.3 is 0 Å². The van der Waals surface area contributed by atoms with Gasteiger partial charge in [-0.1, -0.05) is 114 Å². The van der Waals surface area contributed by atoms with Gasteiger partial charge in [0.05, 0.1) is 0 Å². The van der Waals surface area contributed by atoms with Crippen LogP contribution in [0.15, 0.2) is 91.0 Å². The van der Waals surface area contributed by atoms with E-state index < -0.39 is 0 Å². The highest BCUT2D eigenvalue weighted by Crippen LogP contribution is 2.34. The number of carbonyl (C=O) groups excluding carboxylic acids is 1. The first-order valence-electron chi connectivity index (χ1n) is 13.2. The standard InChI is InChI=1S/C35H38O/c1-23(2)28-20-32(24(3)4)34(33(21-28)25(5)6)22-35(36)31-18-29(26-13-9-7-10-14-26)17-30(19-31)27-15-11-8-12-16-27/h7-21,23-25H,22H2,1-6H3. The fourth-order valence-electron chi connectivity index (χ4n) is 4.96. The van der Waals surface area contributed by atoms with Crippen molar-refractivity contribution in [1.29, 1.82) is 0 Å². The monoisotopic (exact) mass is 474 g/mol. The van der Waals surface area contributed by atoms with E-state index in [0.29, 0.717) is 24.2 Å². The molecule has 1 heteroatoms. The quantitative estimate of drug-likeness (QED) is 0.232. The smallest absolute Gasteiger partial charge is 0.167 e. The van der Waals surface area contributed by atoms with E-state index in [9.17, 15) is 4.79 Å². The van der Waals surface area contributed by atoms with Crippen LogP contribution in [0.4, 0.5) is 0 Å². The average Bonchev–Trinajstić information content (AvgIpc) is 2.89. The van der Waals surface area contributed by atoms with Crippen molar-refractivity contribution in [3.63, 3.8) is 0 Å². The average molecular weight is 475 g/mol. The lowest BCUT2D eigenvalue weighted by Gasteiger charge is -2.23. The predicted octanol–water partition coefficient (Wildman–Crippen LogP) is 9.82. The third-order valence-electron chi connectivity index (χ3n) is 7.06. The first-order chi connectivity index (χ1) is 17.2. The number of carbonyl (C=O) groups is 1. The maximum Gasteiger partial charge on any atom is 0.167 e. The first kappa shape index (κ1) is 25.6. The van der Waals surface area contributed by atoms with Crippen molar-refractivity contribution in [2.24, 2.45) is 0 Å². The summed E-state index contributed by atoms with van der Waals surface area (Å²) < 4.78 is 0. The van der Waals surface area contributed by atoms with Crippen LogP contribution in [0.3, 0.4) is 0 Å². The molecule has 0 aromatic heterocycles. The number of ketones is 1. The molecule has 0 radical (unpaired) electrons. The molecular formula is C35H38O. The normalized spacial score (nSPS) is 11.5. The summed E-state index contributed by atoms with van der Waals surface area (Å²) in [5.74, 6) is 1.35. The fraction of sp³-hybridized carbons (Fsp3) is 0.286. The van der Waals surface area contributed by atoms with Gasteiger partial charge in [0.15, 0.2) is 5.78 Å². The molecule has 0 amide bonds. The van der Waals surface area contributed by atoms with E-state index in [1.54, 1.807) is 0 Å². The molecular weight excluding hydrogens is 436 g/mol. The minimum absolute atomic E-state index is 0.172. The van der Waals surface area contributed by atoms with Crippen LogP contribution in [0.2, 0.25) is 0 Å². The van der Waals surface area contributed by atoms with Gasteiger partial charge in [-0.25, -0.2) is 0 Å². The van der Waals surface area contributed by atoms with Crippen LogP contribution in [0.25, 0.3) is 22.3 Å². The molecule has 4 rings (SSSR count). The molecule has 0 aliphatic heterocycles. The van der Waals surface area contributed by atoms with Gasteiger partial charge in [0.25, 0.3) is 0 Å². The molecule has 0 aliphatic rings. The second kappa shape index (κ2) is 11.1. The van der Waals surface area contributed by atoms with E-state index in [0.717, 1.165) is 27.8 Å². The molecule has 0 saturated carbocycles. The SMILES string of the molecule is CC(C)c1cc(C(C)C)c(CC(=O)c2cc(-c3ccccc3)cc(-c3ccccc3)c2)c(C(C)C)c1. The van der Waals surface area contributed by atoms with E-state index in [1.165, 1.54) is 22.3 Å². The van der Waals surface area contributed by atoms with Gasteiger partial charge in [0.2, 0.25) is 0 Å². The zero-order valence-electron chi connectivity index (χ0n) is 22.5. The Bertz CT molecular complexity index is 1240. The van der Waals surface area contributed by atoms with Gasteiger partial charge in [-0.15, -0.1) is 0 Å². The molecule has 184 valence electrons. The van der Waals surface area contributed by atoms with Gasteiger partial charge in [-0.2, -0.15) is 0 Å². The Labute approximate surface area is 217 Å². The maximum atomic E-state index is 13.9. The first-order valence-corrected chi connectivity index (χ1v) is 13.2. The molecule has 0 N–H and O–H groups in total. The Kier molecular flexibility index (Phi) is 7.89. The van der Waals surface area contributed by atoms with Crippen molar-refractivity contribution >= 4 is 5.78 Å². The minimum atomic E-state index is 0.172. The molecule has 1 nitrogen and oxygen atoms in total. The molecule has 0 fully saturated rings. The minimum Gasteiger partial charge on any atom is -0.294 e. The Morgan fingerprint density at radius 2 is 1.00 bits per heavy atom. The van der Waals surface area contributed by atoms with Gasteiger partial charge >= 0.3 is 0 Å². The highest BCUT2D eigenvalue weighted by molar-refractivity contribution is 6.00. The Morgan fingerprint density at radius 1 is 0.556 bits per heavy atom. The third-order valence-corrected chi connectivity index (χ3v) is 7.06. The molecule has 0 unspecified atom stereocenters. The van der Waals surface area contributed by atoms with Gasteiger partial charge in [-0.3, -0.25) is 4.79 Å². The lowest BCUT2D eigenvalue weighted by Crippen LogP contribution is -2.12. The highest BCUT2D eigenvalue weighted by Gasteiger charge is 2.21. The second-order valence-electron chi connectivity index (χ2n) is 10.8. The van der Waals surface area contributed by atoms with Crippen LogP contribution in [-0.4, -0.2) is 5.78 Å². The van der Waals surface area contributed by atoms with Crippen LogP contribution in [0, 0.1) is 0 Å². The summed E-state index contributed by atoms with van der Waals surface area (Å²) >= 11 is 0. The Hall–Kier alpha value is -3.45. The summed E-state index contributed by atoms with van der Waals surface area (Å²) in [5.41, 5.74) is 10.3. The molecule has 0 heterocycles. The largest absolute Gasteiger partial charge is 0.294 e. The molecule has 0 saturated heterocycles.